The predicted octanol–water partition coefficient (Wildman–Crippen LogP) is 4.51. The molecule has 2 aromatic heterocycles. The van der Waals surface area contributed by atoms with Crippen LogP contribution in [0.2, 0.25) is 0 Å². The van der Waals surface area contributed by atoms with E-state index >= 15 is 0 Å². The molecule has 3 aromatic rings. The Morgan fingerprint density at radius 3 is 2.39 bits per heavy atom. The van der Waals surface area contributed by atoms with Gasteiger partial charge in [0.1, 0.15) is 17.7 Å². The van der Waals surface area contributed by atoms with E-state index in [1.807, 2.05) is 0 Å². The standard InChI is InChI=1S/C25H23F5N4O3S/c26-16-3-6-19(7-4-16)38(36,37)21-10-17(27)9-20(21)24(35)32-11-15-13-34(33-23(15)14-1-2-14)18-5-8-22(31-12-18)25(28,29)30/h3-8,12-14,17,20-21H,1-2,9-11H2,(H,32,35)/t17-,20-,21?/m1/s1. The van der Waals surface area contributed by atoms with Crippen LogP contribution < -0.4 is 5.32 Å². The number of nitrogens with one attached hydrogen (secondary N) is 1. The number of rotatable bonds is 7. The number of nitrogens with zero attached hydrogens (tertiary/aromatic N) is 3. The number of hydrogen-bond donors (Lipinski definition) is 1. The Hall–Kier alpha value is -3.35. The average molecular weight is 555 g/mol. The van der Waals surface area contributed by atoms with Crippen molar-refractivity contribution in [3.63, 3.8) is 0 Å². The third-order valence-corrected chi connectivity index (χ3v) is 9.11. The molecule has 2 heterocycles. The monoisotopic (exact) mass is 554 g/mol. The fraction of sp³-hybridized carbons (Fsp3) is 0.400. The summed E-state index contributed by atoms with van der Waals surface area (Å²) >= 11 is 0. The lowest BCUT2D eigenvalue weighted by molar-refractivity contribution is -0.141. The van der Waals surface area contributed by atoms with Crippen molar-refractivity contribution >= 4 is 15.7 Å². The molecule has 5 rings (SSSR count). The molecule has 1 unspecified atom stereocenters. The van der Waals surface area contributed by atoms with Gasteiger partial charge in [-0.05, 0) is 62.1 Å². The van der Waals surface area contributed by atoms with Crippen LogP contribution in [0.1, 0.15) is 48.6 Å². The first-order chi connectivity index (χ1) is 17.9. The van der Waals surface area contributed by atoms with Gasteiger partial charge in [0, 0.05) is 24.2 Å². The van der Waals surface area contributed by atoms with E-state index < -0.39 is 50.8 Å². The highest BCUT2D eigenvalue weighted by Crippen LogP contribution is 2.41. The van der Waals surface area contributed by atoms with E-state index in [0.29, 0.717) is 16.9 Å². The van der Waals surface area contributed by atoms with Crippen molar-refractivity contribution in [3.05, 3.63) is 71.6 Å². The van der Waals surface area contributed by atoms with Crippen LogP contribution in [-0.4, -0.2) is 40.5 Å². The van der Waals surface area contributed by atoms with Crippen LogP contribution >= 0.6 is 0 Å². The Bertz CT molecular complexity index is 1440. The summed E-state index contributed by atoms with van der Waals surface area (Å²) in [7, 11) is -4.09. The molecule has 2 fully saturated rings. The van der Waals surface area contributed by atoms with E-state index in [0.717, 1.165) is 49.4 Å². The molecule has 2 aliphatic rings. The quantitative estimate of drug-likeness (QED) is 0.343. The van der Waals surface area contributed by atoms with Gasteiger partial charge in [0.05, 0.1) is 33.6 Å². The van der Waals surface area contributed by atoms with E-state index in [1.165, 1.54) is 10.7 Å². The summed E-state index contributed by atoms with van der Waals surface area (Å²) in [6, 6.07) is 6.27. The average Bonchev–Trinajstić information content (AvgIpc) is 3.50. The van der Waals surface area contributed by atoms with Crippen LogP contribution in [0.3, 0.4) is 0 Å². The maximum Gasteiger partial charge on any atom is 0.433 e. The van der Waals surface area contributed by atoms with Crippen molar-refractivity contribution in [2.45, 2.75) is 60.6 Å². The second-order valence-corrected chi connectivity index (χ2v) is 11.8. The predicted molar refractivity (Wildman–Crippen MR) is 125 cm³/mol. The zero-order valence-electron chi connectivity index (χ0n) is 19.8. The third kappa shape index (κ3) is 5.29. The van der Waals surface area contributed by atoms with Gasteiger partial charge in [-0.15, -0.1) is 0 Å². The molecule has 1 aromatic carbocycles. The lowest BCUT2D eigenvalue weighted by Gasteiger charge is -2.19. The Morgan fingerprint density at radius 1 is 1.08 bits per heavy atom. The summed E-state index contributed by atoms with van der Waals surface area (Å²) in [5, 5.41) is 5.87. The van der Waals surface area contributed by atoms with Crippen molar-refractivity contribution in [2.75, 3.05) is 0 Å². The van der Waals surface area contributed by atoms with Crippen molar-refractivity contribution in [2.24, 2.45) is 5.92 Å². The van der Waals surface area contributed by atoms with Gasteiger partial charge in [0.15, 0.2) is 9.84 Å². The molecule has 1 amide bonds. The van der Waals surface area contributed by atoms with Crippen LogP contribution in [0.15, 0.2) is 53.7 Å². The van der Waals surface area contributed by atoms with E-state index in [4.69, 9.17) is 0 Å². The fourth-order valence-electron chi connectivity index (χ4n) is 4.75. The minimum Gasteiger partial charge on any atom is -0.352 e. The Labute approximate surface area is 215 Å². The minimum atomic E-state index is -4.57. The first kappa shape index (κ1) is 26.3. The molecule has 202 valence electrons. The number of carbonyl (C=O) groups excluding carboxylic acids is 1. The highest BCUT2D eigenvalue weighted by Gasteiger charge is 2.46. The summed E-state index contributed by atoms with van der Waals surface area (Å²) < 4.78 is 93.8. The lowest BCUT2D eigenvalue weighted by Crippen LogP contribution is -2.38. The summed E-state index contributed by atoms with van der Waals surface area (Å²) in [5.74, 6) is -2.25. The van der Waals surface area contributed by atoms with Gasteiger partial charge in [-0.1, -0.05) is 0 Å². The maximum atomic E-state index is 14.3. The number of aromatic nitrogens is 3. The number of carbonyl (C=O) groups is 1. The van der Waals surface area contributed by atoms with Gasteiger partial charge < -0.3 is 5.32 Å². The molecule has 0 bridgehead atoms. The maximum absolute atomic E-state index is 14.3. The number of hydrogen-bond acceptors (Lipinski definition) is 5. The molecule has 0 saturated heterocycles. The highest BCUT2D eigenvalue weighted by atomic mass is 32.2. The molecular weight excluding hydrogens is 531 g/mol. The number of sulfone groups is 1. The zero-order valence-corrected chi connectivity index (χ0v) is 20.6. The van der Waals surface area contributed by atoms with E-state index in [-0.39, 0.29) is 30.2 Å². The number of amides is 1. The van der Waals surface area contributed by atoms with Gasteiger partial charge in [0.25, 0.3) is 0 Å². The molecule has 0 radical (unpaired) electrons. The van der Waals surface area contributed by atoms with Crippen LogP contribution in [0.4, 0.5) is 22.0 Å². The Kier molecular flexibility index (Phi) is 6.74. The normalized spacial score (nSPS) is 22.0. The molecule has 3 atom stereocenters. The van der Waals surface area contributed by atoms with E-state index in [2.05, 4.69) is 15.4 Å². The van der Waals surface area contributed by atoms with E-state index in [9.17, 15) is 35.2 Å². The molecule has 7 nitrogen and oxygen atoms in total. The van der Waals surface area contributed by atoms with Crippen LogP contribution in [0.25, 0.3) is 5.69 Å². The molecule has 1 N–H and O–H groups in total. The van der Waals surface area contributed by atoms with Crippen molar-refractivity contribution in [3.8, 4) is 5.69 Å². The Morgan fingerprint density at radius 2 is 1.79 bits per heavy atom. The van der Waals surface area contributed by atoms with Gasteiger partial charge in [-0.2, -0.15) is 18.3 Å². The van der Waals surface area contributed by atoms with Crippen LogP contribution in [-0.2, 0) is 27.4 Å². The molecule has 38 heavy (non-hydrogen) atoms. The molecular formula is C25H23F5N4O3S. The minimum absolute atomic E-state index is 0.0184. The van der Waals surface area contributed by atoms with Crippen LogP contribution in [0, 0.1) is 11.7 Å². The van der Waals surface area contributed by atoms with Gasteiger partial charge in [0.2, 0.25) is 5.91 Å². The van der Waals surface area contributed by atoms with Gasteiger partial charge in [-0.25, -0.2) is 26.9 Å². The number of alkyl halides is 4. The summed E-state index contributed by atoms with van der Waals surface area (Å²) in [6.45, 7) is -0.0184. The van der Waals surface area contributed by atoms with Gasteiger partial charge in [-0.3, -0.25) is 4.79 Å². The van der Waals surface area contributed by atoms with Gasteiger partial charge >= 0.3 is 6.18 Å². The van der Waals surface area contributed by atoms with Crippen molar-refractivity contribution in [1.82, 2.24) is 20.1 Å². The third-order valence-electron chi connectivity index (χ3n) is 6.87. The summed E-state index contributed by atoms with van der Waals surface area (Å²) in [5.41, 5.74) is 0.569. The second-order valence-electron chi connectivity index (χ2n) is 9.59. The summed E-state index contributed by atoms with van der Waals surface area (Å²) in [6.07, 6.45) is -2.29. The molecule has 2 saturated carbocycles. The SMILES string of the molecule is O=C(NCc1cn(-c2ccc(C(F)(F)F)nc2)nc1C1CC1)[C@@H]1C[C@@H](F)CC1S(=O)(=O)c1ccc(F)cc1. The smallest absolute Gasteiger partial charge is 0.352 e. The fourth-order valence-corrected chi connectivity index (χ4v) is 6.75. The molecule has 0 spiro atoms. The number of benzene rings is 1. The van der Waals surface area contributed by atoms with Crippen LogP contribution in [0.5, 0.6) is 0 Å². The van der Waals surface area contributed by atoms with E-state index in [1.54, 1.807) is 6.20 Å². The second kappa shape index (κ2) is 9.75. The Balaban J connectivity index is 1.33. The largest absolute Gasteiger partial charge is 0.433 e. The first-order valence-corrected chi connectivity index (χ1v) is 13.5. The molecule has 0 aliphatic heterocycles. The topological polar surface area (TPSA) is 93.9 Å². The first-order valence-electron chi connectivity index (χ1n) is 12.0. The molecule has 2 aliphatic carbocycles. The zero-order chi connectivity index (χ0) is 27.2. The van der Waals surface area contributed by atoms with Crippen molar-refractivity contribution < 1.29 is 35.2 Å². The number of pyridine rings is 1. The van der Waals surface area contributed by atoms with Crippen molar-refractivity contribution in [1.29, 1.82) is 0 Å². The lowest BCUT2D eigenvalue weighted by atomic mass is 10.1. The molecule has 13 heteroatoms. The highest BCUT2D eigenvalue weighted by molar-refractivity contribution is 7.92. The summed E-state index contributed by atoms with van der Waals surface area (Å²) in [4.78, 5) is 16.3. The number of halogens is 5.